The lowest BCUT2D eigenvalue weighted by Gasteiger charge is -2.09. The Kier molecular flexibility index (Phi) is 7.08. The number of hydrazone groups is 1. The molecule has 164 valence electrons. The number of hydrogen-bond acceptors (Lipinski definition) is 7. The quantitative estimate of drug-likeness (QED) is 0.224. The molecule has 1 amide bonds. The molecule has 3 aromatic rings. The molecule has 0 aliphatic heterocycles. The smallest absolute Gasteiger partial charge is 0.339 e. The van der Waals surface area contributed by atoms with Crippen molar-refractivity contribution in [1.82, 2.24) is 5.43 Å². The van der Waals surface area contributed by atoms with Crippen LogP contribution in [0.25, 0.3) is 0 Å². The van der Waals surface area contributed by atoms with E-state index in [9.17, 15) is 23.3 Å². The van der Waals surface area contributed by atoms with Gasteiger partial charge in [0, 0.05) is 22.7 Å². The fraction of sp³-hybridized carbons (Fsp3) is 0. The van der Waals surface area contributed by atoms with E-state index in [2.05, 4.69) is 10.5 Å². The SMILES string of the molecule is O=C(NN=Cc1ccccc1OS(=O)(=O)c1ccc([N+](=O)[O-])cc1)c1ccc(Cl)cc1Cl. The highest BCUT2D eigenvalue weighted by atomic mass is 35.5. The van der Waals surface area contributed by atoms with Crippen molar-refractivity contribution in [2.45, 2.75) is 4.90 Å². The number of nitrogens with zero attached hydrogens (tertiary/aromatic N) is 2. The van der Waals surface area contributed by atoms with Crippen molar-refractivity contribution in [2.75, 3.05) is 0 Å². The molecule has 0 radical (unpaired) electrons. The van der Waals surface area contributed by atoms with Crippen LogP contribution in [0.3, 0.4) is 0 Å². The molecule has 0 saturated carbocycles. The first-order valence-electron chi connectivity index (χ1n) is 8.74. The highest BCUT2D eigenvalue weighted by molar-refractivity contribution is 7.87. The number of amides is 1. The summed E-state index contributed by atoms with van der Waals surface area (Å²) in [5.74, 6) is -0.659. The van der Waals surface area contributed by atoms with Crippen LogP contribution in [0.2, 0.25) is 10.0 Å². The second-order valence-corrected chi connectivity index (χ2v) is 8.54. The van der Waals surface area contributed by atoms with E-state index < -0.39 is 20.9 Å². The molecular formula is C20H13Cl2N3O6S. The molecular weight excluding hydrogens is 481 g/mol. The number of para-hydroxylation sites is 1. The van der Waals surface area contributed by atoms with Gasteiger partial charge in [0.1, 0.15) is 4.90 Å². The van der Waals surface area contributed by atoms with Gasteiger partial charge in [-0.2, -0.15) is 13.5 Å². The van der Waals surface area contributed by atoms with Gasteiger partial charge in [0.05, 0.1) is 21.7 Å². The number of rotatable bonds is 7. The topological polar surface area (TPSA) is 128 Å². The van der Waals surface area contributed by atoms with E-state index in [1.807, 2.05) is 0 Å². The number of benzene rings is 3. The number of nitro groups is 1. The number of carbonyl (C=O) groups is 1. The first-order chi connectivity index (χ1) is 15.2. The molecule has 0 aliphatic rings. The Bertz CT molecular complexity index is 1310. The number of carbonyl (C=O) groups excluding carboxylic acids is 1. The van der Waals surface area contributed by atoms with E-state index in [4.69, 9.17) is 27.4 Å². The molecule has 0 aromatic heterocycles. The van der Waals surface area contributed by atoms with E-state index in [-0.39, 0.29) is 32.5 Å². The Morgan fingerprint density at radius 2 is 1.75 bits per heavy atom. The third kappa shape index (κ3) is 5.61. The second kappa shape index (κ2) is 9.77. The largest absolute Gasteiger partial charge is 0.378 e. The number of non-ortho nitro benzene ring substituents is 1. The minimum atomic E-state index is -4.27. The zero-order valence-corrected chi connectivity index (χ0v) is 18.3. The van der Waals surface area contributed by atoms with Crippen molar-refractivity contribution in [1.29, 1.82) is 0 Å². The maximum Gasteiger partial charge on any atom is 0.339 e. The molecule has 3 aromatic carbocycles. The summed E-state index contributed by atoms with van der Waals surface area (Å²) >= 11 is 11.8. The van der Waals surface area contributed by atoms with E-state index in [0.717, 1.165) is 24.3 Å². The number of hydrogen-bond donors (Lipinski definition) is 1. The van der Waals surface area contributed by atoms with Crippen LogP contribution in [-0.2, 0) is 10.1 Å². The van der Waals surface area contributed by atoms with Gasteiger partial charge in [-0.3, -0.25) is 14.9 Å². The maximum atomic E-state index is 12.5. The summed E-state index contributed by atoms with van der Waals surface area (Å²) in [6.45, 7) is 0. The zero-order valence-electron chi connectivity index (χ0n) is 15.9. The van der Waals surface area contributed by atoms with E-state index >= 15 is 0 Å². The van der Waals surface area contributed by atoms with Crippen molar-refractivity contribution >= 4 is 51.1 Å². The Morgan fingerprint density at radius 1 is 1.06 bits per heavy atom. The normalized spacial score (nSPS) is 11.3. The maximum absolute atomic E-state index is 12.5. The Hall–Kier alpha value is -3.47. The summed E-state index contributed by atoms with van der Waals surface area (Å²) in [6.07, 6.45) is 1.20. The van der Waals surface area contributed by atoms with Crippen LogP contribution < -0.4 is 9.61 Å². The van der Waals surface area contributed by atoms with E-state index in [1.54, 1.807) is 12.1 Å². The van der Waals surface area contributed by atoms with Gasteiger partial charge in [0.2, 0.25) is 0 Å². The molecule has 12 heteroatoms. The molecule has 0 heterocycles. The predicted octanol–water partition coefficient (Wildman–Crippen LogP) is 4.43. The molecule has 0 unspecified atom stereocenters. The van der Waals surface area contributed by atoms with Crippen LogP contribution in [0.1, 0.15) is 15.9 Å². The molecule has 0 atom stereocenters. The van der Waals surface area contributed by atoms with Gasteiger partial charge in [0.25, 0.3) is 11.6 Å². The van der Waals surface area contributed by atoms with Crippen LogP contribution in [0.5, 0.6) is 5.75 Å². The van der Waals surface area contributed by atoms with Crippen molar-refractivity contribution < 1.29 is 22.3 Å². The monoisotopic (exact) mass is 493 g/mol. The fourth-order valence-electron chi connectivity index (χ4n) is 2.46. The lowest BCUT2D eigenvalue weighted by molar-refractivity contribution is -0.384. The van der Waals surface area contributed by atoms with Crippen molar-refractivity contribution in [3.8, 4) is 5.75 Å². The highest BCUT2D eigenvalue weighted by Crippen LogP contribution is 2.24. The van der Waals surface area contributed by atoms with Crippen LogP contribution in [0.15, 0.2) is 76.7 Å². The van der Waals surface area contributed by atoms with Gasteiger partial charge in [-0.25, -0.2) is 5.43 Å². The lowest BCUT2D eigenvalue weighted by Crippen LogP contribution is -2.18. The third-order valence-electron chi connectivity index (χ3n) is 4.00. The summed E-state index contributed by atoms with van der Waals surface area (Å²) in [6, 6.07) is 14.7. The van der Waals surface area contributed by atoms with Crippen LogP contribution in [0.4, 0.5) is 5.69 Å². The van der Waals surface area contributed by atoms with Gasteiger partial charge in [-0.15, -0.1) is 0 Å². The van der Waals surface area contributed by atoms with Crippen LogP contribution in [-0.4, -0.2) is 25.5 Å². The number of nitro benzene ring substituents is 1. The molecule has 32 heavy (non-hydrogen) atoms. The lowest BCUT2D eigenvalue weighted by atomic mass is 10.2. The Labute approximate surface area is 192 Å². The number of halogens is 2. The fourth-order valence-corrected chi connectivity index (χ4v) is 3.91. The summed E-state index contributed by atoms with van der Waals surface area (Å²) in [5, 5.41) is 15.1. The average molecular weight is 494 g/mol. The molecule has 3 rings (SSSR count). The Balaban J connectivity index is 1.76. The van der Waals surface area contributed by atoms with Crippen LogP contribution >= 0.6 is 23.2 Å². The number of nitrogens with one attached hydrogen (secondary N) is 1. The molecule has 0 spiro atoms. The summed E-state index contributed by atoms with van der Waals surface area (Å²) < 4.78 is 30.2. The molecule has 9 nitrogen and oxygen atoms in total. The highest BCUT2D eigenvalue weighted by Gasteiger charge is 2.19. The van der Waals surface area contributed by atoms with Gasteiger partial charge < -0.3 is 4.18 Å². The molecule has 0 aliphatic carbocycles. The molecule has 0 saturated heterocycles. The third-order valence-corrected chi connectivity index (χ3v) is 5.80. The molecule has 1 N–H and O–H groups in total. The van der Waals surface area contributed by atoms with Gasteiger partial charge in [0.15, 0.2) is 5.75 Å². The summed E-state index contributed by atoms with van der Waals surface area (Å²) in [4.78, 5) is 22.0. The first kappa shape index (κ1) is 23.2. The van der Waals surface area contributed by atoms with Crippen molar-refractivity contribution in [3.63, 3.8) is 0 Å². The standard InChI is InChI=1S/C20H13Cl2N3O6S/c21-14-5-10-17(18(22)11-14)20(26)24-23-12-13-3-1-2-4-19(13)31-32(29,30)16-8-6-15(7-9-16)25(27)28/h1-12H,(H,24,26). The summed E-state index contributed by atoms with van der Waals surface area (Å²) in [5.41, 5.74) is 2.43. The van der Waals surface area contributed by atoms with Gasteiger partial charge in [-0.1, -0.05) is 35.3 Å². The van der Waals surface area contributed by atoms with E-state index in [1.165, 1.54) is 36.5 Å². The Morgan fingerprint density at radius 3 is 2.41 bits per heavy atom. The molecule has 0 fully saturated rings. The average Bonchev–Trinajstić information content (AvgIpc) is 2.74. The van der Waals surface area contributed by atoms with Crippen molar-refractivity contribution in [2.24, 2.45) is 5.10 Å². The van der Waals surface area contributed by atoms with Crippen molar-refractivity contribution in [3.05, 3.63) is 98.0 Å². The summed E-state index contributed by atoms with van der Waals surface area (Å²) in [7, 11) is -4.27. The first-order valence-corrected chi connectivity index (χ1v) is 10.9. The van der Waals surface area contributed by atoms with Crippen LogP contribution in [0, 0.1) is 10.1 Å². The minimum Gasteiger partial charge on any atom is -0.378 e. The van der Waals surface area contributed by atoms with Gasteiger partial charge in [-0.05, 0) is 42.5 Å². The predicted molar refractivity (Wildman–Crippen MR) is 119 cm³/mol. The molecule has 0 bridgehead atoms. The second-order valence-electron chi connectivity index (χ2n) is 6.15. The van der Waals surface area contributed by atoms with E-state index in [0.29, 0.717) is 5.02 Å². The van der Waals surface area contributed by atoms with Gasteiger partial charge >= 0.3 is 10.1 Å². The minimum absolute atomic E-state index is 0.0617. The zero-order chi connectivity index (χ0) is 23.3.